The molecule has 0 saturated heterocycles. The number of halogens is 2. The third-order valence-corrected chi connectivity index (χ3v) is 3.71. The Morgan fingerprint density at radius 1 is 1.26 bits per heavy atom. The molecule has 2 aromatic rings. The van der Waals surface area contributed by atoms with Crippen molar-refractivity contribution in [3.8, 4) is 0 Å². The van der Waals surface area contributed by atoms with Crippen molar-refractivity contribution in [2.24, 2.45) is 0 Å². The number of benzene rings is 2. The molecule has 1 unspecified atom stereocenters. The van der Waals surface area contributed by atoms with Gasteiger partial charge in [-0.3, -0.25) is 4.79 Å². The molecule has 0 spiro atoms. The fraction of sp³-hybridized carbons (Fsp3) is 0.125. The molecule has 0 aliphatic heterocycles. The number of anilines is 2. The minimum atomic E-state index is -0.986. The van der Waals surface area contributed by atoms with Gasteiger partial charge in [0.1, 0.15) is 0 Å². The molecule has 0 saturated carbocycles. The van der Waals surface area contributed by atoms with E-state index in [0.717, 1.165) is 0 Å². The Kier molecular flexibility index (Phi) is 5.63. The molecule has 0 aliphatic carbocycles. The zero-order valence-electron chi connectivity index (χ0n) is 12.2. The monoisotopic (exact) mass is 396 g/mol. The Bertz CT molecular complexity index is 752. The maximum absolute atomic E-state index is 12.1. The lowest BCUT2D eigenvalue weighted by Gasteiger charge is -2.14. The second kappa shape index (κ2) is 7.48. The van der Waals surface area contributed by atoms with E-state index < -0.39 is 18.0 Å². The number of amides is 1. The summed E-state index contributed by atoms with van der Waals surface area (Å²) >= 11 is 9.11. The Balaban J connectivity index is 2.03. The molecule has 120 valence electrons. The van der Waals surface area contributed by atoms with E-state index in [0.29, 0.717) is 15.2 Å². The van der Waals surface area contributed by atoms with Gasteiger partial charge in [0.15, 0.2) is 6.10 Å². The quantitative estimate of drug-likeness (QED) is 0.606. The third kappa shape index (κ3) is 4.71. The van der Waals surface area contributed by atoms with Crippen LogP contribution in [0.4, 0.5) is 11.4 Å². The summed E-state index contributed by atoms with van der Waals surface area (Å²) in [6, 6.07) is 11.5. The molecular weight excluding hydrogens is 384 g/mol. The topological polar surface area (TPSA) is 81.4 Å². The molecule has 7 heteroatoms. The van der Waals surface area contributed by atoms with Crippen molar-refractivity contribution in [2.75, 3.05) is 11.1 Å². The van der Waals surface area contributed by atoms with E-state index in [9.17, 15) is 9.59 Å². The van der Waals surface area contributed by atoms with Gasteiger partial charge in [0.25, 0.3) is 5.91 Å². The van der Waals surface area contributed by atoms with Crippen LogP contribution in [0.15, 0.2) is 46.9 Å². The third-order valence-electron chi connectivity index (χ3n) is 2.98. The smallest absolute Gasteiger partial charge is 0.341 e. The molecular formula is C16H14BrClN2O3. The highest BCUT2D eigenvalue weighted by Gasteiger charge is 2.20. The fourth-order valence-corrected chi connectivity index (χ4v) is 2.34. The van der Waals surface area contributed by atoms with E-state index in [4.69, 9.17) is 22.1 Å². The summed E-state index contributed by atoms with van der Waals surface area (Å²) in [5, 5.41) is 3.12. The van der Waals surface area contributed by atoms with Crippen LogP contribution in [0.3, 0.4) is 0 Å². The van der Waals surface area contributed by atoms with Gasteiger partial charge in [0, 0.05) is 20.9 Å². The second-order valence-corrected chi connectivity index (χ2v) is 6.13. The maximum atomic E-state index is 12.1. The van der Waals surface area contributed by atoms with Crippen molar-refractivity contribution in [2.45, 2.75) is 13.0 Å². The number of nitrogens with one attached hydrogen (secondary N) is 1. The Hall–Kier alpha value is -2.05. The van der Waals surface area contributed by atoms with E-state index in [1.54, 1.807) is 42.5 Å². The van der Waals surface area contributed by atoms with E-state index >= 15 is 0 Å². The number of nitrogens with two attached hydrogens (primary N) is 1. The van der Waals surface area contributed by atoms with E-state index in [1.165, 1.54) is 6.92 Å². The molecule has 5 nitrogen and oxygen atoms in total. The lowest BCUT2D eigenvalue weighted by atomic mass is 10.2. The highest BCUT2D eigenvalue weighted by Crippen LogP contribution is 2.20. The van der Waals surface area contributed by atoms with E-state index in [1.807, 2.05) is 0 Å². The molecule has 2 rings (SSSR count). The number of ether oxygens (including phenoxy) is 1. The van der Waals surface area contributed by atoms with Crippen LogP contribution in [-0.2, 0) is 9.53 Å². The van der Waals surface area contributed by atoms with Gasteiger partial charge in [-0.1, -0.05) is 33.6 Å². The van der Waals surface area contributed by atoms with Gasteiger partial charge in [-0.15, -0.1) is 0 Å². The minimum Gasteiger partial charge on any atom is -0.449 e. The number of hydrogen-bond donors (Lipinski definition) is 2. The number of rotatable bonds is 4. The first-order chi connectivity index (χ1) is 10.9. The number of nitrogen functional groups attached to an aromatic ring is 1. The number of esters is 1. The molecule has 2 aromatic carbocycles. The second-order valence-electron chi connectivity index (χ2n) is 4.78. The van der Waals surface area contributed by atoms with E-state index in [-0.39, 0.29) is 11.3 Å². The molecule has 0 heterocycles. The summed E-state index contributed by atoms with van der Waals surface area (Å²) in [5.41, 5.74) is 6.74. The van der Waals surface area contributed by atoms with Crippen LogP contribution >= 0.6 is 27.5 Å². The van der Waals surface area contributed by atoms with Crippen molar-refractivity contribution in [3.05, 3.63) is 57.5 Å². The molecule has 23 heavy (non-hydrogen) atoms. The van der Waals surface area contributed by atoms with Crippen LogP contribution in [-0.4, -0.2) is 18.0 Å². The van der Waals surface area contributed by atoms with Crippen molar-refractivity contribution in [3.63, 3.8) is 0 Å². The summed E-state index contributed by atoms with van der Waals surface area (Å²) in [6.45, 7) is 1.48. The number of carbonyl (C=O) groups is 2. The highest BCUT2D eigenvalue weighted by atomic mass is 79.9. The van der Waals surface area contributed by atoms with Crippen LogP contribution in [0.2, 0.25) is 5.02 Å². The molecule has 3 N–H and O–H groups in total. The van der Waals surface area contributed by atoms with Gasteiger partial charge >= 0.3 is 5.97 Å². The first-order valence-electron chi connectivity index (χ1n) is 6.69. The van der Waals surface area contributed by atoms with Gasteiger partial charge in [-0.05, 0) is 43.3 Å². The van der Waals surface area contributed by atoms with Crippen LogP contribution in [0.1, 0.15) is 17.3 Å². The van der Waals surface area contributed by atoms with Crippen molar-refractivity contribution >= 4 is 50.8 Å². The van der Waals surface area contributed by atoms with Gasteiger partial charge in [0.2, 0.25) is 0 Å². The summed E-state index contributed by atoms with van der Waals surface area (Å²) in [7, 11) is 0. The minimum absolute atomic E-state index is 0.196. The number of hydrogen-bond acceptors (Lipinski definition) is 4. The molecule has 0 fully saturated rings. The van der Waals surface area contributed by atoms with Crippen LogP contribution in [0, 0.1) is 0 Å². The van der Waals surface area contributed by atoms with Crippen LogP contribution in [0.5, 0.6) is 0 Å². The van der Waals surface area contributed by atoms with Gasteiger partial charge in [-0.2, -0.15) is 0 Å². The Labute approximate surface area is 146 Å². The predicted octanol–water partition coefficient (Wildman–Crippen LogP) is 3.87. The lowest BCUT2D eigenvalue weighted by Crippen LogP contribution is -2.30. The first kappa shape index (κ1) is 17.3. The van der Waals surface area contributed by atoms with Gasteiger partial charge < -0.3 is 15.8 Å². The summed E-state index contributed by atoms with van der Waals surface area (Å²) in [5.74, 6) is -1.13. The van der Waals surface area contributed by atoms with E-state index in [2.05, 4.69) is 21.2 Å². The fourth-order valence-electron chi connectivity index (χ4n) is 1.79. The summed E-state index contributed by atoms with van der Waals surface area (Å²) in [4.78, 5) is 24.2. The molecule has 0 aliphatic rings. The van der Waals surface area contributed by atoms with Crippen molar-refractivity contribution < 1.29 is 14.3 Å². The zero-order chi connectivity index (χ0) is 17.0. The average molecular weight is 398 g/mol. The Morgan fingerprint density at radius 2 is 2.00 bits per heavy atom. The van der Waals surface area contributed by atoms with Crippen molar-refractivity contribution in [1.82, 2.24) is 0 Å². The molecule has 0 bridgehead atoms. The average Bonchev–Trinajstić information content (AvgIpc) is 2.49. The largest absolute Gasteiger partial charge is 0.449 e. The van der Waals surface area contributed by atoms with Gasteiger partial charge in [0.05, 0.1) is 5.56 Å². The lowest BCUT2D eigenvalue weighted by molar-refractivity contribution is -0.123. The number of carbonyl (C=O) groups excluding carboxylic acids is 2. The highest BCUT2D eigenvalue weighted by molar-refractivity contribution is 9.10. The normalized spacial score (nSPS) is 11.6. The summed E-state index contributed by atoms with van der Waals surface area (Å²) in [6.07, 6.45) is -0.986. The SMILES string of the molecule is CC(OC(=O)c1cc(Br)ccc1N)C(=O)Nc1cccc(Cl)c1. The molecule has 1 amide bonds. The predicted molar refractivity (Wildman–Crippen MR) is 93.5 cm³/mol. The summed E-state index contributed by atoms with van der Waals surface area (Å²) < 4.78 is 5.84. The van der Waals surface area contributed by atoms with Crippen molar-refractivity contribution in [1.29, 1.82) is 0 Å². The molecule has 0 radical (unpaired) electrons. The standard InChI is InChI=1S/C16H14BrClN2O3/c1-9(15(21)20-12-4-2-3-11(18)8-12)23-16(22)13-7-10(17)5-6-14(13)19/h2-9H,19H2,1H3,(H,20,21). The zero-order valence-corrected chi connectivity index (χ0v) is 14.5. The molecule has 0 aromatic heterocycles. The van der Waals surface area contributed by atoms with Crippen LogP contribution < -0.4 is 11.1 Å². The van der Waals surface area contributed by atoms with Crippen LogP contribution in [0.25, 0.3) is 0 Å². The Morgan fingerprint density at radius 3 is 2.70 bits per heavy atom. The first-order valence-corrected chi connectivity index (χ1v) is 7.86. The van der Waals surface area contributed by atoms with Gasteiger partial charge in [-0.25, -0.2) is 4.79 Å². The maximum Gasteiger partial charge on any atom is 0.341 e. The molecule has 1 atom stereocenters.